The number of nitrogens with one attached hydrogen (secondary N) is 1. The van der Waals surface area contributed by atoms with E-state index in [0.29, 0.717) is 29.6 Å². The molecule has 1 aromatic rings. The van der Waals surface area contributed by atoms with Gasteiger partial charge in [0.15, 0.2) is 0 Å². The minimum absolute atomic E-state index is 0.0121. The van der Waals surface area contributed by atoms with Crippen LogP contribution in [0.2, 0.25) is 0 Å². The van der Waals surface area contributed by atoms with E-state index >= 15 is 0 Å². The maximum atomic E-state index is 12.4. The van der Waals surface area contributed by atoms with Gasteiger partial charge in [0.1, 0.15) is 18.4 Å². The standard InChI is InChI=1S/C18H19NO3/c20-18-14-10-6-9-11-12(10)16(22-18)15(11)21-17(13(9)14)19-7-8-4-2-1-3-5-8/h1-5,9-17,19H,6-7H2/t9-,10+,11-,12+,13-,14-,15-,16-,17?/m1/s1. The molecule has 5 aliphatic rings. The lowest BCUT2D eigenvalue weighted by molar-refractivity contribution is -0.316. The van der Waals surface area contributed by atoms with Gasteiger partial charge in [-0.25, -0.2) is 0 Å². The summed E-state index contributed by atoms with van der Waals surface area (Å²) >= 11 is 0. The van der Waals surface area contributed by atoms with Crippen LogP contribution in [0.15, 0.2) is 30.3 Å². The van der Waals surface area contributed by atoms with Crippen molar-refractivity contribution in [2.75, 3.05) is 0 Å². The van der Waals surface area contributed by atoms with Crippen LogP contribution in [0.5, 0.6) is 0 Å². The summed E-state index contributed by atoms with van der Waals surface area (Å²) in [7, 11) is 0. The van der Waals surface area contributed by atoms with Crippen LogP contribution in [-0.2, 0) is 20.8 Å². The molecule has 0 aromatic heterocycles. The highest BCUT2D eigenvalue weighted by Crippen LogP contribution is 2.72. The first-order chi connectivity index (χ1) is 10.8. The average molecular weight is 297 g/mol. The largest absolute Gasteiger partial charge is 0.459 e. The highest BCUT2D eigenvalue weighted by atomic mass is 16.6. The molecule has 9 atom stereocenters. The van der Waals surface area contributed by atoms with Gasteiger partial charge in [-0.2, -0.15) is 0 Å². The lowest BCUT2D eigenvalue weighted by Gasteiger charge is -2.64. The van der Waals surface area contributed by atoms with Crippen LogP contribution in [0.25, 0.3) is 0 Å². The molecule has 1 N–H and O–H groups in total. The number of benzene rings is 1. The highest BCUT2D eigenvalue weighted by Gasteiger charge is 2.78. The van der Waals surface area contributed by atoms with E-state index in [4.69, 9.17) is 9.47 Å². The van der Waals surface area contributed by atoms with E-state index in [1.54, 1.807) is 0 Å². The van der Waals surface area contributed by atoms with Gasteiger partial charge in [0, 0.05) is 18.4 Å². The van der Waals surface area contributed by atoms with Crippen LogP contribution >= 0.6 is 0 Å². The molecule has 3 saturated carbocycles. The Balaban J connectivity index is 1.30. The van der Waals surface area contributed by atoms with Crippen LogP contribution in [0.3, 0.4) is 0 Å². The summed E-state index contributed by atoms with van der Waals surface area (Å²) in [6, 6.07) is 10.4. The van der Waals surface area contributed by atoms with Crippen molar-refractivity contribution >= 4 is 5.97 Å². The lowest BCUT2D eigenvalue weighted by atomic mass is 9.52. The zero-order valence-electron chi connectivity index (χ0n) is 12.2. The van der Waals surface area contributed by atoms with Crippen molar-refractivity contribution in [1.29, 1.82) is 0 Å². The Kier molecular flexibility index (Phi) is 2.15. The minimum Gasteiger partial charge on any atom is -0.459 e. The third-order valence-corrected chi connectivity index (χ3v) is 6.96. The maximum Gasteiger partial charge on any atom is 0.310 e. The second-order valence-electron chi connectivity index (χ2n) is 7.61. The molecule has 2 saturated heterocycles. The molecule has 1 unspecified atom stereocenters. The molecule has 2 aliphatic heterocycles. The first kappa shape index (κ1) is 12.1. The van der Waals surface area contributed by atoms with Gasteiger partial charge in [0.25, 0.3) is 0 Å². The molecule has 5 fully saturated rings. The van der Waals surface area contributed by atoms with Crippen molar-refractivity contribution in [2.24, 2.45) is 35.5 Å². The lowest BCUT2D eigenvalue weighted by Crippen LogP contribution is -2.74. The van der Waals surface area contributed by atoms with Crippen molar-refractivity contribution in [2.45, 2.75) is 31.4 Å². The Morgan fingerprint density at radius 3 is 2.73 bits per heavy atom. The Morgan fingerprint density at radius 1 is 1.05 bits per heavy atom. The molecule has 114 valence electrons. The molecular weight excluding hydrogens is 278 g/mol. The quantitative estimate of drug-likeness (QED) is 0.860. The first-order valence-electron chi connectivity index (χ1n) is 8.46. The van der Waals surface area contributed by atoms with Crippen LogP contribution < -0.4 is 5.32 Å². The van der Waals surface area contributed by atoms with E-state index in [2.05, 4.69) is 29.6 Å². The number of esters is 1. The van der Waals surface area contributed by atoms with Gasteiger partial charge < -0.3 is 9.47 Å². The third kappa shape index (κ3) is 1.26. The van der Waals surface area contributed by atoms with Crippen LogP contribution in [0.1, 0.15) is 12.0 Å². The fourth-order valence-corrected chi connectivity index (χ4v) is 6.30. The number of carbonyl (C=O) groups excluding carboxylic acids is 1. The van der Waals surface area contributed by atoms with Gasteiger partial charge in [0.05, 0.1) is 5.92 Å². The fourth-order valence-electron chi connectivity index (χ4n) is 6.30. The molecule has 2 heterocycles. The van der Waals surface area contributed by atoms with Crippen LogP contribution in [0.4, 0.5) is 0 Å². The molecule has 0 amide bonds. The summed E-state index contributed by atoms with van der Waals surface area (Å²) in [5.41, 5.74) is 1.26. The van der Waals surface area contributed by atoms with Crippen LogP contribution in [0, 0.1) is 35.5 Å². The van der Waals surface area contributed by atoms with Gasteiger partial charge in [-0.05, 0) is 29.7 Å². The SMILES string of the molecule is O=C1O[C@H]2[C@@H]3OC(NCc4ccccc4)[C@@H]4[C@@H]5C[C@H]([C@@H]14)[C@H]2[C@@H]53. The number of fused-ring (bicyclic) bond motifs is 2. The molecule has 0 radical (unpaired) electrons. The summed E-state index contributed by atoms with van der Waals surface area (Å²) in [5.74, 6) is 2.99. The molecule has 4 nitrogen and oxygen atoms in total. The summed E-state index contributed by atoms with van der Waals surface area (Å²) in [6.07, 6.45) is 1.43. The van der Waals surface area contributed by atoms with Gasteiger partial charge in [-0.1, -0.05) is 30.3 Å². The van der Waals surface area contributed by atoms with E-state index in [1.807, 2.05) is 6.07 Å². The smallest absolute Gasteiger partial charge is 0.310 e. The summed E-state index contributed by atoms with van der Waals surface area (Å²) < 4.78 is 12.0. The molecule has 4 heteroatoms. The third-order valence-electron chi connectivity index (χ3n) is 6.96. The average Bonchev–Trinajstić information content (AvgIpc) is 3.08. The molecule has 3 aliphatic carbocycles. The Hall–Kier alpha value is -1.39. The van der Waals surface area contributed by atoms with Crippen molar-refractivity contribution in [3.63, 3.8) is 0 Å². The van der Waals surface area contributed by atoms with E-state index in [1.165, 1.54) is 12.0 Å². The summed E-state index contributed by atoms with van der Waals surface area (Å²) in [4.78, 5) is 12.4. The Morgan fingerprint density at radius 2 is 1.86 bits per heavy atom. The van der Waals surface area contributed by atoms with Crippen LogP contribution in [-0.4, -0.2) is 24.4 Å². The zero-order valence-corrected chi connectivity index (χ0v) is 12.2. The number of rotatable bonds is 3. The predicted molar refractivity (Wildman–Crippen MR) is 77.4 cm³/mol. The molecule has 22 heavy (non-hydrogen) atoms. The fraction of sp³-hybridized carbons (Fsp3) is 0.611. The second-order valence-corrected chi connectivity index (χ2v) is 7.61. The number of carbonyl (C=O) groups is 1. The molecule has 0 spiro atoms. The second kappa shape index (κ2) is 3.92. The molecule has 6 rings (SSSR count). The molecular formula is C18H19NO3. The summed E-state index contributed by atoms with van der Waals surface area (Å²) in [6.45, 7) is 0.798. The molecule has 1 aromatic carbocycles. The van der Waals surface area contributed by atoms with Crippen molar-refractivity contribution in [3.05, 3.63) is 35.9 Å². The monoisotopic (exact) mass is 297 g/mol. The highest BCUT2D eigenvalue weighted by molar-refractivity contribution is 5.76. The van der Waals surface area contributed by atoms with Gasteiger partial charge >= 0.3 is 5.97 Å². The number of hydrogen-bond acceptors (Lipinski definition) is 4. The predicted octanol–water partition coefficient (Wildman–Crippen LogP) is 1.55. The van der Waals surface area contributed by atoms with E-state index in [9.17, 15) is 4.79 Å². The van der Waals surface area contributed by atoms with Gasteiger partial charge in [-0.3, -0.25) is 10.1 Å². The van der Waals surface area contributed by atoms with Gasteiger partial charge in [0.2, 0.25) is 0 Å². The van der Waals surface area contributed by atoms with E-state index in [0.717, 1.165) is 6.54 Å². The molecule has 2 bridgehead atoms. The number of ether oxygens (including phenoxy) is 2. The van der Waals surface area contributed by atoms with E-state index in [-0.39, 0.29) is 30.3 Å². The van der Waals surface area contributed by atoms with Gasteiger partial charge in [-0.15, -0.1) is 0 Å². The zero-order chi connectivity index (χ0) is 14.4. The topological polar surface area (TPSA) is 47.6 Å². The van der Waals surface area contributed by atoms with Crippen molar-refractivity contribution in [3.8, 4) is 0 Å². The normalized spacial score (nSPS) is 52.5. The number of hydrogen-bond donors (Lipinski definition) is 1. The van der Waals surface area contributed by atoms with Crippen molar-refractivity contribution in [1.82, 2.24) is 5.32 Å². The first-order valence-corrected chi connectivity index (χ1v) is 8.46. The van der Waals surface area contributed by atoms with E-state index < -0.39 is 0 Å². The minimum atomic E-state index is 0.0121. The van der Waals surface area contributed by atoms with Crippen molar-refractivity contribution < 1.29 is 14.3 Å². The Bertz CT molecular complexity index is 647. The Labute approximate surface area is 129 Å². The summed E-state index contributed by atoms with van der Waals surface area (Å²) in [5, 5.41) is 3.58. The maximum absolute atomic E-state index is 12.4.